The van der Waals surface area contributed by atoms with Gasteiger partial charge in [-0.3, -0.25) is 14.4 Å². The average Bonchev–Trinajstić information content (AvgIpc) is 3.59. The predicted octanol–water partition coefficient (Wildman–Crippen LogP) is 4.27. The van der Waals surface area contributed by atoms with Crippen molar-refractivity contribution in [1.29, 1.82) is 0 Å². The van der Waals surface area contributed by atoms with Gasteiger partial charge in [0.05, 0.1) is 12.1 Å². The first-order chi connectivity index (χ1) is 18.3. The summed E-state index contributed by atoms with van der Waals surface area (Å²) in [5, 5.41) is 13.1. The second-order valence-electron chi connectivity index (χ2n) is 10.0. The van der Waals surface area contributed by atoms with E-state index in [9.17, 15) is 14.4 Å². The van der Waals surface area contributed by atoms with E-state index in [1.807, 2.05) is 61.3 Å². The van der Waals surface area contributed by atoms with Gasteiger partial charge in [-0.2, -0.15) is 5.10 Å². The van der Waals surface area contributed by atoms with Gasteiger partial charge >= 0.3 is 0 Å². The van der Waals surface area contributed by atoms with Crippen molar-refractivity contribution in [1.82, 2.24) is 20.0 Å². The molecule has 2 aromatic carbocycles. The SMILES string of the molecule is CC(C)NC(=O)c1csc2cc(C(=O)Nc3cc4n(n3)CCN4c3ccc4c(c3)CCN(C)C4=O)ccc12. The molecule has 0 spiro atoms. The number of amides is 3. The fourth-order valence-electron chi connectivity index (χ4n) is 5.05. The Labute approximate surface area is 224 Å². The number of carbonyl (C=O) groups is 3. The Hall–Kier alpha value is -4.18. The maximum atomic E-state index is 13.1. The number of nitrogens with zero attached hydrogens (tertiary/aromatic N) is 4. The number of rotatable bonds is 5. The van der Waals surface area contributed by atoms with Crippen LogP contribution in [0.4, 0.5) is 17.3 Å². The van der Waals surface area contributed by atoms with Crippen molar-refractivity contribution in [2.75, 3.05) is 30.4 Å². The Morgan fingerprint density at radius 2 is 1.87 bits per heavy atom. The van der Waals surface area contributed by atoms with Crippen LogP contribution in [0.1, 0.15) is 50.5 Å². The summed E-state index contributed by atoms with van der Waals surface area (Å²) in [4.78, 5) is 41.9. The maximum absolute atomic E-state index is 13.1. The summed E-state index contributed by atoms with van der Waals surface area (Å²) in [5.74, 6) is 1.07. The van der Waals surface area contributed by atoms with Gasteiger partial charge in [0.25, 0.3) is 17.7 Å². The van der Waals surface area contributed by atoms with Crippen LogP contribution in [0.25, 0.3) is 10.1 Å². The number of anilines is 3. The first-order valence-corrected chi connectivity index (χ1v) is 13.5. The number of thiophene rings is 1. The summed E-state index contributed by atoms with van der Waals surface area (Å²) in [5.41, 5.74) is 3.96. The molecule has 10 heteroatoms. The second-order valence-corrected chi connectivity index (χ2v) is 10.9. The minimum absolute atomic E-state index is 0.0495. The molecule has 0 saturated heterocycles. The molecule has 9 nitrogen and oxygen atoms in total. The fourth-order valence-corrected chi connectivity index (χ4v) is 6.03. The Bertz CT molecular complexity index is 1600. The summed E-state index contributed by atoms with van der Waals surface area (Å²) in [6, 6.07) is 13.3. The van der Waals surface area contributed by atoms with Gasteiger partial charge in [0.15, 0.2) is 5.82 Å². The third-order valence-corrected chi connectivity index (χ3v) is 7.95. The van der Waals surface area contributed by atoms with Crippen LogP contribution in [-0.2, 0) is 13.0 Å². The lowest BCUT2D eigenvalue weighted by molar-refractivity contribution is 0.0780. The standard InChI is InChI=1S/C28H28N6O3S/c1-16(2)29-27(36)22-15-38-23-13-18(4-6-21(22)23)26(35)30-24-14-25-33(10-11-34(25)31-24)19-5-7-20-17(12-19)8-9-32(3)28(20)37/h4-7,12-16H,8-11H2,1-3H3,(H,29,36)(H,30,31,35). The summed E-state index contributed by atoms with van der Waals surface area (Å²) in [6.45, 7) is 6.03. The smallest absolute Gasteiger partial charge is 0.256 e. The molecule has 0 aliphatic carbocycles. The van der Waals surface area contributed by atoms with Gasteiger partial charge in [0, 0.05) is 64.5 Å². The zero-order valence-electron chi connectivity index (χ0n) is 21.4. The van der Waals surface area contributed by atoms with Crippen LogP contribution in [0.2, 0.25) is 0 Å². The van der Waals surface area contributed by atoms with E-state index < -0.39 is 0 Å². The lowest BCUT2D eigenvalue weighted by Crippen LogP contribution is -2.34. The van der Waals surface area contributed by atoms with Crippen LogP contribution in [0, 0.1) is 0 Å². The fraction of sp³-hybridized carbons (Fsp3) is 0.286. The van der Waals surface area contributed by atoms with Gasteiger partial charge in [-0.15, -0.1) is 11.3 Å². The van der Waals surface area contributed by atoms with Crippen LogP contribution in [-0.4, -0.2) is 58.6 Å². The normalized spacial score (nSPS) is 14.7. The topological polar surface area (TPSA) is 99.6 Å². The van der Waals surface area contributed by atoms with Gasteiger partial charge < -0.3 is 20.4 Å². The van der Waals surface area contributed by atoms with Crippen LogP contribution >= 0.6 is 11.3 Å². The molecule has 0 radical (unpaired) electrons. The molecule has 4 heterocycles. The second kappa shape index (κ2) is 9.29. The molecule has 2 aliphatic rings. The lowest BCUT2D eigenvalue weighted by atomic mass is 9.98. The van der Waals surface area contributed by atoms with Gasteiger partial charge in [0.2, 0.25) is 0 Å². The molecule has 38 heavy (non-hydrogen) atoms. The van der Waals surface area contributed by atoms with Crippen LogP contribution < -0.4 is 15.5 Å². The molecule has 0 fully saturated rings. The number of aromatic nitrogens is 2. The number of hydrogen-bond acceptors (Lipinski definition) is 6. The molecule has 0 bridgehead atoms. The Kier molecular flexibility index (Phi) is 5.91. The van der Waals surface area contributed by atoms with E-state index in [4.69, 9.17) is 0 Å². The molecule has 2 aromatic heterocycles. The van der Waals surface area contributed by atoms with Crippen molar-refractivity contribution in [3.63, 3.8) is 0 Å². The zero-order valence-corrected chi connectivity index (χ0v) is 22.3. The van der Waals surface area contributed by atoms with Crippen molar-refractivity contribution in [3.8, 4) is 0 Å². The molecule has 0 atom stereocenters. The van der Waals surface area contributed by atoms with E-state index in [-0.39, 0.29) is 23.8 Å². The van der Waals surface area contributed by atoms with Gasteiger partial charge in [0.1, 0.15) is 5.82 Å². The van der Waals surface area contributed by atoms with Crippen LogP contribution in [0.15, 0.2) is 47.8 Å². The number of fused-ring (bicyclic) bond motifs is 3. The van der Waals surface area contributed by atoms with E-state index in [1.165, 1.54) is 11.3 Å². The Morgan fingerprint density at radius 3 is 2.68 bits per heavy atom. The van der Waals surface area contributed by atoms with Crippen molar-refractivity contribution in [2.45, 2.75) is 32.9 Å². The van der Waals surface area contributed by atoms with Crippen molar-refractivity contribution in [3.05, 3.63) is 70.1 Å². The van der Waals surface area contributed by atoms with E-state index in [2.05, 4.69) is 26.7 Å². The Balaban J connectivity index is 1.20. The third kappa shape index (κ3) is 4.20. The molecule has 194 valence electrons. The minimum atomic E-state index is -0.256. The van der Waals surface area contributed by atoms with Crippen molar-refractivity contribution in [2.24, 2.45) is 0 Å². The number of benzene rings is 2. The highest BCUT2D eigenvalue weighted by molar-refractivity contribution is 7.17. The molecular weight excluding hydrogens is 500 g/mol. The van der Waals surface area contributed by atoms with Gasteiger partial charge in [-0.25, -0.2) is 4.68 Å². The summed E-state index contributed by atoms with van der Waals surface area (Å²) >= 11 is 1.44. The number of carbonyl (C=O) groups excluding carboxylic acids is 3. The van der Waals surface area contributed by atoms with E-state index in [1.54, 1.807) is 11.0 Å². The molecule has 4 aromatic rings. The number of nitrogens with one attached hydrogen (secondary N) is 2. The average molecular weight is 529 g/mol. The molecule has 6 rings (SSSR count). The zero-order chi connectivity index (χ0) is 26.6. The van der Waals surface area contributed by atoms with Crippen molar-refractivity contribution >= 4 is 56.5 Å². The lowest BCUT2D eigenvalue weighted by Gasteiger charge is -2.26. The summed E-state index contributed by atoms with van der Waals surface area (Å²) in [7, 11) is 1.83. The van der Waals surface area contributed by atoms with Gasteiger partial charge in [-0.1, -0.05) is 6.07 Å². The molecular formula is C28H28N6O3S. The largest absolute Gasteiger partial charge is 0.350 e. The van der Waals surface area contributed by atoms with E-state index in [0.29, 0.717) is 30.0 Å². The molecule has 3 amide bonds. The highest BCUT2D eigenvalue weighted by atomic mass is 32.1. The highest BCUT2D eigenvalue weighted by Crippen LogP contribution is 2.34. The van der Waals surface area contributed by atoms with Gasteiger partial charge in [-0.05, 0) is 56.2 Å². The highest BCUT2D eigenvalue weighted by Gasteiger charge is 2.27. The molecule has 0 saturated carbocycles. The summed E-state index contributed by atoms with van der Waals surface area (Å²) < 4.78 is 2.76. The van der Waals surface area contributed by atoms with E-state index in [0.717, 1.165) is 45.7 Å². The summed E-state index contributed by atoms with van der Waals surface area (Å²) in [6.07, 6.45) is 0.832. The van der Waals surface area contributed by atoms with Crippen LogP contribution in [0.3, 0.4) is 0 Å². The number of likely N-dealkylation sites (N-methyl/N-ethyl adjacent to an activating group) is 1. The van der Waals surface area contributed by atoms with Crippen LogP contribution in [0.5, 0.6) is 0 Å². The number of hydrogen-bond donors (Lipinski definition) is 2. The predicted molar refractivity (Wildman–Crippen MR) is 149 cm³/mol. The quantitative estimate of drug-likeness (QED) is 0.403. The van der Waals surface area contributed by atoms with E-state index >= 15 is 0 Å². The molecule has 0 unspecified atom stereocenters. The third-order valence-electron chi connectivity index (χ3n) is 7.01. The monoisotopic (exact) mass is 528 g/mol. The first kappa shape index (κ1) is 24.2. The first-order valence-electron chi connectivity index (χ1n) is 12.7. The molecule has 2 aliphatic heterocycles. The van der Waals surface area contributed by atoms with Crippen molar-refractivity contribution < 1.29 is 14.4 Å². The molecule has 2 N–H and O–H groups in total. The Morgan fingerprint density at radius 1 is 1.03 bits per heavy atom. The minimum Gasteiger partial charge on any atom is -0.350 e. The maximum Gasteiger partial charge on any atom is 0.256 e.